The van der Waals surface area contributed by atoms with Crippen molar-refractivity contribution in [1.82, 2.24) is 0 Å². The smallest absolute Gasteiger partial charge is 0.310 e. The van der Waals surface area contributed by atoms with Gasteiger partial charge >= 0.3 is 5.97 Å². The summed E-state index contributed by atoms with van der Waals surface area (Å²) in [5, 5.41) is 12.2. The number of benzene rings is 1. The van der Waals surface area contributed by atoms with E-state index in [0.717, 1.165) is 6.42 Å². The number of nitrogens with one attached hydrogen (secondary N) is 1. The molecule has 0 unspecified atom stereocenters. The predicted molar refractivity (Wildman–Crippen MR) is 86.2 cm³/mol. The van der Waals surface area contributed by atoms with Crippen molar-refractivity contribution in [2.24, 2.45) is 11.8 Å². The fraction of sp³-hybridized carbons (Fsp3) is 0.444. The Labute approximate surface area is 135 Å². The van der Waals surface area contributed by atoms with E-state index in [1.165, 1.54) is 5.56 Å². The summed E-state index contributed by atoms with van der Waals surface area (Å²) < 4.78 is 5.53. The molecule has 1 amide bonds. The van der Waals surface area contributed by atoms with Crippen LogP contribution in [0.1, 0.15) is 31.7 Å². The molecule has 2 heterocycles. The number of ether oxygens (including phenoxy) is 1. The summed E-state index contributed by atoms with van der Waals surface area (Å²) in [5.74, 6) is -2.32. The van der Waals surface area contributed by atoms with E-state index in [4.69, 9.17) is 4.74 Å². The lowest BCUT2D eigenvalue weighted by Gasteiger charge is -2.21. The quantitative estimate of drug-likeness (QED) is 0.819. The standard InChI is InChI=1S/C18H21NO4/c1-3-10(2)11-4-6-12(7-5-11)19-17(20)15-13-8-9-14(23-13)16(15)18(21)22/h4-10,13-16H,3H2,1-2H3,(H,19,20)(H,21,22)/t10-,13+,14+,15-,16+/m0/s1. The van der Waals surface area contributed by atoms with Gasteiger partial charge in [-0.25, -0.2) is 0 Å². The molecular formula is C18H21NO4. The van der Waals surface area contributed by atoms with E-state index in [0.29, 0.717) is 11.6 Å². The molecule has 1 saturated heterocycles. The zero-order chi connectivity index (χ0) is 16.6. The van der Waals surface area contributed by atoms with Crippen LogP contribution < -0.4 is 5.32 Å². The second-order valence-corrected chi connectivity index (χ2v) is 6.26. The van der Waals surface area contributed by atoms with Gasteiger partial charge in [-0.05, 0) is 30.0 Å². The summed E-state index contributed by atoms with van der Waals surface area (Å²) in [5.41, 5.74) is 1.90. The van der Waals surface area contributed by atoms with Crippen LogP contribution >= 0.6 is 0 Å². The molecule has 1 aromatic carbocycles. The van der Waals surface area contributed by atoms with Crippen molar-refractivity contribution in [2.75, 3.05) is 5.32 Å². The van der Waals surface area contributed by atoms with Gasteiger partial charge in [0.1, 0.15) is 5.92 Å². The lowest BCUT2D eigenvalue weighted by Crippen LogP contribution is -2.39. The number of carboxylic acid groups (broad SMARTS) is 1. The zero-order valence-electron chi connectivity index (χ0n) is 13.2. The van der Waals surface area contributed by atoms with E-state index >= 15 is 0 Å². The maximum Gasteiger partial charge on any atom is 0.310 e. The molecule has 0 aliphatic carbocycles. The first-order chi connectivity index (χ1) is 11.0. The predicted octanol–water partition coefficient (Wildman–Crippen LogP) is 2.79. The van der Waals surface area contributed by atoms with E-state index in [1.807, 2.05) is 24.3 Å². The van der Waals surface area contributed by atoms with E-state index in [-0.39, 0.29) is 5.91 Å². The lowest BCUT2D eigenvalue weighted by atomic mass is 9.82. The lowest BCUT2D eigenvalue weighted by molar-refractivity contribution is -0.145. The molecule has 23 heavy (non-hydrogen) atoms. The van der Waals surface area contributed by atoms with Crippen molar-refractivity contribution in [3.8, 4) is 0 Å². The minimum Gasteiger partial charge on any atom is -0.481 e. The van der Waals surface area contributed by atoms with Gasteiger partial charge in [0, 0.05) is 5.69 Å². The van der Waals surface area contributed by atoms with E-state index in [9.17, 15) is 14.7 Å². The largest absolute Gasteiger partial charge is 0.481 e. The van der Waals surface area contributed by atoms with E-state index in [1.54, 1.807) is 12.2 Å². The summed E-state index contributed by atoms with van der Waals surface area (Å²) in [4.78, 5) is 23.9. The van der Waals surface area contributed by atoms with Crippen LogP contribution in [0.4, 0.5) is 5.69 Å². The van der Waals surface area contributed by atoms with Crippen molar-refractivity contribution in [3.05, 3.63) is 42.0 Å². The van der Waals surface area contributed by atoms with Crippen LogP contribution in [0.2, 0.25) is 0 Å². The molecule has 5 heteroatoms. The molecule has 3 rings (SSSR count). The van der Waals surface area contributed by atoms with Crippen molar-refractivity contribution >= 4 is 17.6 Å². The number of carbonyl (C=O) groups is 2. The third kappa shape index (κ3) is 2.88. The Balaban J connectivity index is 1.72. The highest BCUT2D eigenvalue weighted by Crippen LogP contribution is 2.39. The second kappa shape index (κ2) is 6.16. The highest BCUT2D eigenvalue weighted by molar-refractivity contribution is 5.96. The number of aliphatic carboxylic acids is 1. The SMILES string of the molecule is CC[C@H](C)c1ccc(NC(=O)[C@@H]2[C@H](C(=O)O)[C@H]3C=C[C@H]2O3)cc1. The Kier molecular flexibility index (Phi) is 4.22. The first-order valence-electron chi connectivity index (χ1n) is 7.98. The van der Waals surface area contributed by atoms with Gasteiger partial charge in [-0.3, -0.25) is 9.59 Å². The van der Waals surface area contributed by atoms with Crippen LogP contribution in [0, 0.1) is 11.8 Å². The topological polar surface area (TPSA) is 75.6 Å². The normalized spacial score (nSPS) is 29.5. The molecule has 2 aliphatic heterocycles. The van der Waals surface area contributed by atoms with Gasteiger partial charge in [-0.1, -0.05) is 38.1 Å². The third-order valence-electron chi connectivity index (χ3n) is 4.85. The fourth-order valence-electron chi connectivity index (χ4n) is 3.27. The van der Waals surface area contributed by atoms with Crippen LogP contribution in [0.3, 0.4) is 0 Å². The van der Waals surface area contributed by atoms with Crippen LogP contribution in [0.25, 0.3) is 0 Å². The minimum atomic E-state index is -0.992. The van der Waals surface area contributed by atoms with Gasteiger partial charge in [0.25, 0.3) is 0 Å². The van der Waals surface area contributed by atoms with Crippen LogP contribution in [-0.4, -0.2) is 29.2 Å². The van der Waals surface area contributed by atoms with Gasteiger partial charge in [-0.2, -0.15) is 0 Å². The Hall–Kier alpha value is -2.14. The number of carbonyl (C=O) groups excluding carboxylic acids is 1. The summed E-state index contributed by atoms with van der Waals surface area (Å²) >= 11 is 0. The zero-order valence-corrected chi connectivity index (χ0v) is 13.2. The minimum absolute atomic E-state index is 0.300. The molecule has 1 aromatic rings. The molecule has 2 aliphatic rings. The maximum atomic E-state index is 12.5. The molecule has 2 bridgehead atoms. The van der Waals surface area contributed by atoms with Gasteiger partial charge in [0.15, 0.2) is 0 Å². The highest BCUT2D eigenvalue weighted by atomic mass is 16.5. The van der Waals surface area contributed by atoms with Gasteiger partial charge in [-0.15, -0.1) is 0 Å². The molecular weight excluding hydrogens is 294 g/mol. The highest BCUT2D eigenvalue weighted by Gasteiger charge is 2.53. The number of fused-ring (bicyclic) bond motifs is 2. The maximum absolute atomic E-state index is 12.5. The third-order valence-corrected chi connectivity index (χ3v) is 4.85. The molecule has 0 aromatic heterocycles. The number of amides is 1. The Morgan fingerprint density at radius 3 is 2.35 bits per heavy atom. The molecule has 2 N–H and O–H groups in total. The van der Waals surface area contributed by atoms with Gasteiger partial charge in [0.05, 0.1) is 18.1 Å². The van der Waals surface area contributed by atoms with Crippen molar-refractivity contribution in [1.29, 1.82) is 0 Å². The number of carboxylic acids is 1. The van der Waals surface area contributed by atoms with Crippen molar-refractivity contribution in [2.45, 2.75) is 38.4 Å². The molecule has 1 fully saturated rings. The Morgan fingerprint density at radius 2 is 1.78 bits per heavy atom. The molecule has 0 radical (unpaired) electrons. The average molecular weight is 315 g/mol. The number of rotatable bonds is 5. The number of anilines is 1. The summed E-state index contributed by atoms with van der Waals surface area (Å²) in [6.45, 7) is 4.29. The molecule has 122 valence electrons. The van der Waals surface area contributed by atoms with Gasteiger partial charge < -0.3 is 15.2 Å². The first kappa shape index (κ1) is 15.7. The average Bonchev–Trinajstić information content (AvgIpc) is 3.15. The fourth-order valence-corrected chi connectivity index (χ4v) is 3.27. The molecule has 5 atom stereocenters. The van der Waals surface area contributed by atoms with Crippen LogP contribution in [0.5, 0.6) is 0 Å². The Bertz CT molecular complexity index is 637. The molecule has 0 saturated carbocycles. The monoisotopic (exact) mass is 315 g/mol. The van der Waals surface area contributed by atoms with E-state index in [2.05, 4.69) is 19.2 Å². The van der Waals surface area contributed by atoms with Crippen molar-refractivity contribution < 1.29 is 19.4 Å². The second-order valence-electron chi connectivity index (χ2n) is 6.26. The number of hydrogen-bond donors (Lipinski definition) is 2. The summed E-state index contributed by atoms with van der Waals surface area (Å²) in [6, 6.07) is 7.71. The molecule has 0 spiro atoms. The van der Waals surface area contributed by atoms with Crippen molar-refractivity contribution in [3.63, 3.8) is 0 Å². The Morgan fingerprint density at radius 1 is 1.17 bits per heavy atom. The first-order valence-corrected chi connectivity index (χ1v) is 7.98. The molecule has 5 nitrogen and oxygen atoms in total. The van der Waals surface area contributed by atoms with Crippen LogP contribution in [-0.2, 0) is 14.3 Å². The summed E-state index contributed by atoms with van der Waals surface area (Å²) in [6.07, 6.45) is 3.62. The van der Waals surface area contributed by atoms with Crippen LogP contribution in [0.15, 0.2) is 36.4 Å². The summed E-state index contributed by atoms with van der Waals surface area (Å²) in [7, 11) is 0. The number of hydrogen-bond acceptors (Lipinski definition) is 3. The van der Waals surface area contributed by atoms with E-state index < -0.39 is 30.0 Å². The van der Waals surface area contributed by atoms with Gasteiger partial charge in [0.2, 0.25) is 5.91 Å².